The van der Waals surface area contributed by atoms with E-state index in [1.165, 1.54) is 12.1 Å². The Morgan fingerprint density at radius 1 is 1.36 bits per heavy atom. The molecule has 0 spiro atoms. The first kappa shape index (κ1) is 17.0. The van der Waals surface area contributed by atoms with Gasteiger partial charge in [-0.15, -0.1) is 6.58 Å². The molecule has 0 bridgehead atoms. The van der Waals surface area contributed by atoms with Gasteiger partial charge in [0.05, 0.1) is 0 Å². The van der Waals surface area contributed by atoms with Crippen molar-refractivity contribution in [3.05, 3.63) is 41.7 Å². The molecule has 1 aliphatic rings. The Morgan fingerprint density at radius 3 is 2.77 bits per heavy atom. The van der Waals surface area contributed by atoms with Crippen LogP contribution < -0.4 is 5.32 Å². The molecular formula is C18H27FN2O. The summed E-state index contributed by atoms with van der Waals surface area (Å²) in [7, 11) is 0. The molecule has 122 valence electrons. The molecule has 0 saturated carbocycles. The minimum atomic E-state index is -0.267. The summed E-state index contributed by atoms with van der Waals surface area (Å²) >= 11 is 0. The summed E-state index contributed by atoms with van der Waals surface area (Å²) in [5.41, 5.74) is 1.35. The third-order valence-corrected chi connectivity index (χ3v) is 4.38. The minimum Gasteiger partial charge on any atom is -0.507 e. The Balaban J connectivity index is 2.20. The fourth-order valence-electron chi connectivity index (χ4n) is 3.17. The average Bonchev–Trinajstić information content (AvgIpc) is 2.52. The molecule has 1 aromatic rings. The largest absolute Gasteiger partial charge is 0.507 e. The Labute approximate surface area is 132 Å². The van der Waals surface area contributed by atoms with Crippen LogP contribution in [0.25, 0.3) is 0 Å². The van der Waals surface area contributed by atoms with E-state index in [0.717, 1.165) is 57.4 Å². The number of aromatic hydroxyl groups is 1. The van der Waals surface area contributed by atoms with E-state index < -0.39 is 0 Å². The number of piperazine rings is 1. The van der Waals surface area contributed by atoms with Gasteiger partial charge in [-0.3, -0.25) is 4.90 Å². The summed E-state index contributed by atoms with van der Waals surface area (Å²) in [4.78, 5) is 2.36. The number of nitrogens with zero attached hydrogens (tertiary/aromatic N) is 1. The maximum absolute atomic E-state index is 13.8. The van der Waals surface area contributed by atoms with Gasteiger partial charge in [-0.2, -0.15) is 0 Å². The van der Waals surface area contributed by atoms with Crippen molar-refractivity contribution < 1.29 is 9.50 Å². The van der Waals surface area contributed by atoms with Crippen LogP contribution in [0.15, 0.2) is 24.8 Å². The van der Waals surface area contributed by atoms with Crippen molar-refractivity contribution in [2.45, 2.75) is 38.6 Å². The highest BCUT2D eigenvalue weighted by molar-refractivity contribution is 5.42. The van der Waals surface area contributed by atoms with Gasteiger partial charge < -0.3 is 10.4 Å². The summed E-state index contributed by atoms with van der Waals surface area (Å²) in [6, 6.07) is 2.98. The normalized spacial score (nSPS) is 17.4. The van der Waals surface area contributed by atoms with Gasteiger partial charge in [-0.05, 0) is 43.9 Å². The van der Waals surface area contributed by atoms with Gasteiger partial charge in [-0.1, -0.05) is 12.5 Å². The number of phenolic OH excluding ortho intramolecular Hbond substituents is 1. The molecule has 1 aromatic carbocycles. The van der Waals surface area contributed by atoms with Crippen molar-refractivity contribution in [1.82, 2.24) is 10.2 Å². The van der Waals surface area contributed by atoms with E-state index in [4.69, 9.17) is 0 Å². The molecule has 0 unspecified atom stereocenters. The first-order chi connectivity index (χ1) is 10.6. The topological polar surface area (TPSA) is 35.5 Å². The molecule has 1 atom stereocenters. The summed E-state index contributed by atoms with van der Waals surface area (Å²) in [5.74, 6) is -0.0230. The maximum atomic E-state index is 13.8. The van der Waals surface area contributed by atoms with Crippen LogP contribution in [-0.4, -0.2) is 36.2 Å². The number of halogens is 1. The third-order valence-electron chi connectivity index (χ3n) is 4.38. The number of hydrogen-bond donors (Lipinski definition) is 2. The lowest BCUT2D eigenvalue weighted by Crippen LogP contribution is -2.45. The Bertz CT molecular complexity index is 498. The average molecular weight is 306 g/mol. The van der Waals surface area contributed by atoms with E-state index in [-0.39, 0.29) is 17.6 Å². The highest BCUT2D eigenvalue weighted by atomic mass is 19.1. The first-order valence-electron chi connectivity index (χ1n) is 8.18. The molecule has 22 heavy (non-hydrogen) atoms. The molecule has 0 amide bonds. The number of phenols is 1. The van der Waals surface area contributed by atoms with Crippen molar-refractivity contribution in [2.75, 3.05) is 26.2 Å². The highest BCUT2D eigenvalue weighted by Crippen LogP contribution is 2.35. The molecule has 1 heterocycles. The number of unbranched alkanes of at least 4 members (excludes halogenated alkanes) is 2. The van der Waals surface area contributed by atoms with Crippen LogP contribution in [0.2, 0.25) is 0 Å². The van der Waals surface area contributed by atoms with Crippen molar-refractivity contribution in [2.24, 2.45) is 0 Å². The van der Waals surface area contributed by atoms with Crippen LogP contribution in [0.5, 0.6) is 5.75 Å². The molecular weight excluding hydrogens is 279 g/mol. The lowest BCUT2D eigenvalue weighted by atomic mass is 9.95. The van der Waals surface area contributed by atoms with Crippen molar-refractivity contribution >= 4 is 0 Å². The predicted octanol–water partition coefficient (Wildman–Crippen LogP) is 3.53. The molecule has 3 nitrogen and oxygen atoms in total. The Kier molecular flexibility index (Phi) is 6.40. The van der Waals surface area contributed by atoms with Gasteiger partial charge in [0.25, 0.3) is 0 Å². The van der Waals surface area contributed by atoms with Crippen LogP contribution in [0.3, 0.4) is 0 Å². The summed E-state index contributed by atoms with van der Waals surface area (Å²) in [6.07, 6.45) is 6.01. The third kappa shape index (κ3) is 4.31. The van der Waals surface area contributed by atoms with Gasteiger partial charge in [-0.25, -0.2) is 4.39 Å². The molecule has 0 aromatic heterocycles. The van der Waals surface area contributed by atoms with E-state index >= 15 is 0 Å². The fraction of sp³-hybridized carbons (Fsp3) is 0.556. The second-order valence-corrected chi connectivity index (χ2v) is 6.04. The highest BCUT2D eigenvalue weighted by Gasteiger charge is 2.25. The lowest BCUT2D eigenvalue weighted by molar-refractivity contribution is 0.160. The summed E-state index contributed by atoms with van der Waals surface area (Å²) in [6.45, 7) is 9.26. The second kappa shape index (κ2) is 8.30. The molecule has 0 aliphatic carbocycles. The van der Waals surface area contributed by atoms with E-state index in [1.54, 1.807) is 6.92 Å². The molecule has 1 aliphatic heterocycles. The van der Waals surface area contributed by atoms with Gasteiger partial charge in [0.15, 0.2) is 0 Å². The number of benzene rings is 1. The number of allylic oxidation sites excluding steroid dienone is 1. The first-order valence-corrected chi connectivity index (χ1v) is 8.18. The smallest absolute Gasteiger partial charge is 0.124 e. The Hall–Kier alpha value is -1.39. The maximum Gasteiger partial charge on any atom is 0.124 e. The molecule has 4 heteroatoms. The molecule has 1 saturated heterocycles. The summed E-state index contributed by atoms with van der Waals surface area (Å²) in [5, 5.41) is 13.7. The summed E-state index contributed by atoms with van der Waals surface area (Å²) < 4.78 is 13.8. The molecule has 1 fully saturated rings. The molecule has 0 radical (unpaired) electrons. The van der Waals surface area contributed by atoms with Gasteiger partial charge >= 0.3 is 0 Å². The van der Waals surface area contributed by atoms with Crippen LogP contribution in [0, 0.1) is 12.7 Å². The van der Waals surface area contributed by atoms with Crippen LogP contribution >= 0.6 is 0 Å². The van der Waals surface area contributed by atoms with E-state index in [1.807, 2.05) is 6.08 Å². The van der Waals surface area contributed by atoms with Gasteiger partial charge in [0, 0.05) is 37.8 Å². The number of aryl methyl sites for hydroxylation is 1. The number of hydrogen-bond acceptors (Lipinski definition) is 3. The monoisotopic (exact) mass is 306 g/mol. The molecule has 2 N–H and O–H groups in total. The zero-order chi connectivity index (χ0) is 15.9. The van der Waals surface area contributed by atoms with E-state index in [9.17, 15) is 9.50 Å². The van der Waals surface area contributed by atoms with Crippen molar-refractivity contribution in [3.8, 4) is 5.75 Å². The van der Waals surface area contributed by atoms with Gasteiger partial charge in [0.2, 0.25) is 0 Å². The van der Waals surface area contributed by atoms with Crippen molar-refractivity contribution in [3.63, 3.8) is 0 Å². The van der Waals surface area contributed by atoms with Gasteiger partial charge in [0.1, 0.15) is 11.6 Å². The quantitative estimate of drug-likeness (QED) is 0.597. The second-order valence-electron chi connectivity index (χ2n) is 6.04. The lowest BCUT2D eigenvalue weighted by Gasteiger charge is -2.36. The van der Waals surface area contributed by atoms with Crippen LogP contribution in [0.1, 0.15) is 42.9 Å². The standard InChI is InChI=1S/C18H27FN2O/c1-3-4-5-6-7-17(21-10-8-20-9-11-21)16-13-15(19)12-14(2)18(16)22/h3,12-13,17,20,22H,1,4-11H2,2H3/t17-/m0/s1. The minimum absolute atomic E-state index is 0.0846. The van der Waals surface area contributed by atoms with E-state index in [2.05, 4.69) is 16.8 Å². The SMILES string of the molecule is C=CCCCC[C@@H](c1cc(F)cc(C)c1O)N1CCNCC1. The Morgan fingerprint density at radius 2 is 2.09 bits per heavy atom. The zero-order valence-electron chi connectivity index (χ0n) is 13.4. The van der Waals surface area contributed by atoms with Crippen molar-refractivity contribution in [1.29, 1.82) is 0 Å². The fourth-order valence-corrected chi connectivity index (χ4v) is 3.17. The zero-order valence-corrected chi connectivity index (χ0v) is 13.4. The van der Waals surface area contributed by atoms with Crippen LogP contribution in [-0.2, 0) is 0 Å². The molecule has 2 rings (SSSR count). The number of nitrogens with one attached hydrogen (secondary N) is 1. The predicted molar refractivity (Wildman–Crippen MR) is 88.7 cm³/mol. The van der Waals surface area contributed by atoms with Crippen LogP contribution in [0.4, 0.5) is 4.39 Å². The van der Waals surface area contributed by atoms with E-state index in [0.29, 0.717) is 5.56 Å². The number of rotatable bonds is 7.